The molecular weight excluding hydrogens is 380 g/mol. The van der Waals surface area contributed by atoms with Crippen LogP contribution in [-0.4, -0.2) is 52.1 Å². The number of aliphatic hydroxyl groups excluding tert-OH is 1. The summed E-state index contributed by atoms with van der Waals surface area (Å²) >= 11 is 0. The van der Waals surface area contributed by atoms with Crippen LogP contribution in [-0.2, 0) is 6.42 Å². The highest BCUT2D eigenvalue weighted by atomic mass is 16.5. The quantitative estimate of drug-likeness (QED) is 0.522. The first kappa shape index (κ1) is 19.8. The molecule has 2 aromatic carbocycles. The number of aromatic amines is 1. The highest BCUT2D eigenvalue weighted by molar-refractivity contribution is 6.23. The van der Waals surface area contributed by atoms with Crippen molar-refractivity contribution in [2.75, 3.05) is 26.3 Å². The van der Waals surface area contributed by atoms with Crippen molar-refractivity contribution < 1.29 is 14.6 Å². The molecule has 156 valence electrons. The fourth-order valence-corrected chi connectivity index (χ4v) is 3.66. The number of rotatable bonds is 8. The molecule has 0 atom stereocenters. The van der Waals surface area contributed by atoms with Crippen LogP contribution >= 0.6 is 0 Å². The zero-order valence-electron chi connectivity index (χ0n) is 17.2. The lowest BCUT2D eigenvalue weighted by Crippen LogP contribution is -2.29. The maximum absolute atomic E-state index is 10.5. The average Bonchev–Trinajstić information content (AvgIpc) is 3.28. The Morgan fingerprint density at radius 2 is 1.87 bits per heavy atom. The Kier molecular flexibility index (Phi) is 5.61. The van der Waals surface area contributed by atoms with Crippen LogP contribution in [0.4, 0.5) is 0 Å². The number of aromatic nitrogens is 2. The molecular formula is C23H26N4O3. The first-order valence-electron chi connectivity index (χ1n) is 10.2. The van der Waals surface area contributed by atoms with E-state index in [0.717, 1.165) is 34.5 Å². The van der Waals surface area contributed by atoms with Gasteiger partial charge in [-0.25, -0.2) is 4.98 Å². The third-order valence-corrected chi connectivity index (χ3v) is 5.09. The maximum Gasteiger partial charge on any atom is 0.161 e. The summed E-state index contributed by atoms with van der Waals surface area (Å²) < 4.78 is 11.3. The Balaban J connectivity index is 1.47. The average molecular weight is 406 g/mol. The lowest BCUT2D eigenvalue weighted by Gasteiger charge is -2.19. The molecule has 1 aliphatic heterocycles. The summed E-state index contributed by atoms with van der Waals surface area (Å²) in [5.41, 5.74) is 3.26. The van der Waals surface area contributed by atoms with E-state index in [4.69, 9.17) is 14.9 Å². The number of imidazole rings is 1. The predicted molar refractivity (Wildman–Crippen MR) is 117 cm³/mol. The van der Waals surface area contributed by atoms with Gasteiger partial charge in [-0.1, -0.05) is 18.2 Å². The van der Waals surface area contributed by atoms with Crippen molar-refractivity contribution in [1.82, 2.24) is 14.9 Å². The fraction of sp³-hybridized carbons (Fsp3) is 0.304. The van der Waals surface area contributed by atoms with E-state index in [2.05, 4.69) is 9.97 Å². The first-order chi connectivity index (χ1) is 14.6. The molecule has 0 radical (unpaired) electrons. The molecule has 3 aromatic rings. The number of nitrogens with one attached hydrogen (secondary N) is 2. The number of H-pyrrole nitrogens is 1. The summed E-state index contributed by atoms with van der Waals surface area (Å²) in [5.74, 6) is 2.45. The van der Waals surface area contributed by atoms with Gasteiger partial charge in [-0.05, 0) is 50.1 Å². The minimum Gasteiger partial charge on any atom is -0.510 e. The molecule has 4 rings (SSSR count). The smallest absolute Gasteiger partial charge is 0.161 e. The van der Waals surface area contributed by atoms with Gasteiger partial charge in [-0.3, -0.25) is 5.41 Å². The van der Waals surface area contributed by atoms with E-state index in [-0.39, 0.29) is 11.6 Å². The summed E-state index contributed by atoms with van der Waals surface area (Å²) in [7, 11) is 0. The molecule has 3 N–H and O–H groups in total. The van der Waals surface area contributed by atoms with Crippen molar-refractivity contribution in [3.05, 3.63) is 59.6 Å². The van der Waals surface area contributed by atoms with Crippen molar-refractivity contribution in [3.8, 4) is 11.5 Å². The molecule has 0 fully saturated rings. The van der Waals surface area contributed by atoms with Gasteiger partial charge >= 0.3 is 0 Å². The molecule has 0 amide bonds. The van der Waals surface area contributed by atoms with Gasteiger partial charge < -0.3 is 24.5 Å². The third kappa shape index (κ3) is 3.83. The van der Waals surface area contributed by atoms with Crippen molar-refractivity contribution in [3.63, 3.8) is 0 Å². The van der Waals surface area contributed by atoms with Gasteiger partial charge in [0.15, 0.2) is 11.5 Å². The lowest BCUT2D eigenvalue weighted by molar-refractivity contribution is 0.287. The monoisotopic (exact) mass is 406 g/mol. The van der Waals surface area contributed by atoms with Gasteiger partial charge in [0.25, 0.3) is 0 Å². The van der Waals surface area contributed by atoms with E-state index in [1.165, 1.54) is 0 Å². The van der Waals surface area contributed by atoms with Gasteiger partial charge in [0, 0.05) is 6.54 Å². The van der Waals surface area contributed by atoms with E-state index >= 15 is 0 Å². The first-order valence-corrected chi connectivity index (χ1v) is 10.2. The van der Waals surface area contributed by atoms with Gasteiger partial charge in [-0.2, -0.15) is 0 Å². The second-order valence-electron chi connectivity index (χ2n) is 7.09. The Morgan fingerprint density at radius 1 is 1.10 bits per heavy atom. The number of benzene rings is 2. The minimum absolute atomic E-state index is 0.167. The molecule has 0 spiro atoms. The molecule has 1 aromatic heterocycles. The van der Waals surface area contributed by atoms with Gasteiger partial charge in [0.1, 0.15) is 17.4 Å². The zero-order chi connectivity index (χ0) is 21.1. The van der Waals surface area contributed by atoms with E-state index in [1.54, 1.807) is 0 Å². The Labute approximate surface area is 175 Å². The zero-order valence-corrected chi connectivity index (χ0v) is 17.2. The van der Waals surface area contributed by atoms with Crippen LogP contribution in [0.25, 0.3) is 16.6 Å². The van der Waals surface area contributed by atoms with Gasteiger partial charge in [-0.15, -0.1) is 0 Å². The normalized spacial score (nSPS) is 14.1. The second-order valence-corrected chi connectivity index (χ2v) is 7.09. The summed E-state index contributed by atoms with van der Waals surface area (Å²) in [6.45, 7) is 5.95. The van der Waals surface area contributed by atoms with Crippen LogP contribution in [0.15, 0.2) is 48.2 Å². The van der Waals surface area contributed by atoms with Crippen LogP contribution in [0, 0.1) is 5.41 Å². The molecule has 0 bridgehead atoms. The number of hydrogen-bond acceptors (Lipinski definition) is 5. The SMILES string of the molecule is CCOc1ccc(CCN2CC(O)=C(c3nc4ccccc4[nH]3)C2=N)cc1OCC. The van der Waals surface area contributed by atoms with Crippen molar-refractivity contribution in [2.45, 2.75) is 20.3 Å². The Hall–Kier alpha value is -3.48. The summed E-state index contributed by atoms with van der Waals surface area (Å²) in [4.78, 5) is 9.60. The van der Waals surface area contributed by atoms with E-state index in [1.807, 2.05) is 61.2 Å². The van der Waals surface area contributed by atoms with Crippen LogP contribution in [0.5, 0.6) is 11.5 Å². The molecule has 7 heteroatoms. The molecule has 0 aliphatic carbocycles. The standard InChI is InChI=1S/C23H26N4O3/c1-3-29-19-10-9-15(13-20(19)30-4-2)11-12-27-14-18(28)21(22(27)24)23-25-16-7-5-6-8-17(16)26-23/h5-10,13,24,28H,3-4,11-12,14H2,1-2H3,(H,25,26). The topological polar surface area (TPSA) is 94.5 Å². The van der Waals surface area contributed by atoms with Crippen molar-refractivity contribution in [1.29, 1.82) is 5.41 Å². The van der Waals surface area contributed by atoms with E-state index in [0.29, 0.717) is 37.7 Å². The van der Waals surface area contributed by atoms with E-state index < -0.39 is 0 Å². The summed E-state index contributed by atoms with van der Waals surface area (Å²) in [6.07, 6.45) is 0.718. The summed E-state index contributed by atoms with van der Waals surface area (Å²) in [6, 6.07) is 13.6. The molecule has 0 unspecified atom stereocenters. The molecule has 0 saturated heterocycles. The van der Waals surface area contributed by atoms with Crippen LogP contribution in [0.2, 0.25) is 0 Å². The molecule has 7 nitrogen and oxygen atoms in total. The highest BCUT2D eigenvalue weighted by Crippen LogP contribution is 2.30. The largest absolute Gasteiger partial charge is 0.510 e. The van der Waals surface area contributed by atoms with Crippen LogP contribution in [0.1, 0.15) is 25.2 Å². The predicted octanol–water partition coefficient (Wildman–Crippen LogP) is 4.16. The Bertz CT molecular complexity index is 1070. The highest BCUT2D eigenvalue weighted by Gasteiger charge is 2.30. The van der Waals surface area contributed by atoms with Crippen LogP contribution in [0.3, 0.4) is 0 Å². The number of aliphatic hydroxyl groups is 1. The van der Waals surface area contributed by atoms with E-state index in [9.17, 15) is 5.11 Å². The number of nitrogens with zero attached hydrogens (tertiary/aromatic N) is 2. The number of para-hydroxylation sites is 2. The number of ether oxygens (including phenoxy) is 2. The lowest BCUT2D eigenvalue weighted by atomic mass is 10.1. The number of hydrogen-bond donors (Lipinski definition) is 3. The number of fused-ring (bicyclic) bond motifs is 1. The maximum atomic E-state index is 10.5. The molecule has 2 heterocycles. The van der Waals surface area contributed by atoms with Crippen LogP contribution < -0.4 is 9.47 Å². The van der Waals surface area contributed by atoms with Gasteiger partial charge in [0.2, 0.25) is 0 Å². The second kappa shape index (κ2) is 8.49. The van der Waals surface area contributed by atoms with Crippen molar-refractivity contribution in [2.24, 2.45) is 0 Å². The third-order valence-electron chi connectivity index (χ3n) is 5.09. The molecule has 1 aliphatic rings. The summed E-state index contributed by atoms with van der Waals surface area (Å²) in [5, 5.41) is 19.1. The van der Waals surface area contributed by atoms with Crippen molar-refractivity contribution >= 4 is 22.4 Å². The number of amidine groups is 1. The molecule has 0 saturated carbocycles. The fourth-order valence-electron chi connectivity index (χ4n) is 3.66. The molecule has 30 heavy (non-hydrogen) atoms. The minimum atomic E-state index is 0.167. The Morgan fingerprint density at radius 3 is 2.63 bits per heavy atom. The van der Waals surface area contributed by atoms with Gasteiger partial charge in [0.05, 0.1) is 36.4 Å².